The Hall–Kier alpha value is -0.900. The molecule has 2 saturated heterocycles. The molecule has 21 heavy (non-hydrogen) atoms. The number of nitrogens with zero attached hydrogens (tertiary/aromatic N) is 1. The van der Waals surface area contributed by atoms with Gasteiger partial charge in [-0.25, -0.2) is 0 Å². The van der Waals surface area contributed by atoms with E-state index in [0.717, 1.165) is 26.2 Å². The molecular formula is C18H28N2O. The van der Waals surface area contributed by atoms with Gasteiger partial charge < -0.3 is 10.1 Å². The molecule has 2 aliphatic rings. The van der Waals surface area contributed by atoms with Gasteiger partial charge in [-0.1, -0.05) is 30.3 Å². The third kappa shape index (κ3) is 3.47. The van der Waals surface area contributed by atoms with Crippen LogP contribution in [0.3, 0.4) is 0 Å². The Morgan fingerprint density at radius 3 is 2.95 bits per heavy atom. The zero-order valence-corrected chi connectivity index (χ0v) is 13.2. The fourth-order valence-corrected chi connectivity index (χ4v) is 3.73. The SMILES string of the molecule is CC1(c2ccccc2)CNCCN1CCCC1CCCO1. The number of rotatable bonds is 5. The molecule has 2 aliphatic heterocycles. The molecule has 2 unspecified atom stereocenters. The van der Waals surface area contributed by atoms with Crippen LogP contribution in [0.2, 0.25) is 0 Å². The molecule has 0 aliphatic carbocycles. The van der Waals surface area contributed by atoms with Crippen molar-refractivity contribution in [1.29, 1.82) is 0 Å². The van der Waals surface area contributed by atoms with Gasteiger partial charge in [0.25, 0.3) is 0 Å². The predicted octanol–water partition coefficient (Wildman–Crippen LogP) is 2.77. The molecule has 0 saturated carbocycles. The molecule has 3 heteroatoms. The van der Waals surface area contributed by atoms with E-state index in [1.54, 1.807) is 0 Å². The van der Waals surface area contributed by atoms with Gasteiger partial charge in [0, 0.05) is 26.2 Å². The summed E-state index contributed by atoms with van der Waals surface area (Å²) >= 11 is 0. The van der Waals surface area contributed by atoms with Gasteiger partial charge >= 0.3 is 0 Å². The van der Waals surface area contributed by atoms with Crippen molar-refractivity contribution in [3.05, 3.63) is 35.9 Å². The Morgan fingerprint density at radius 1 is 1.33 bits per heavy atom. The Balaban J connectivity index is 1.61. The molecule has 2 heterocycles. The van der Waals surface area contributed by atoms with E-state index in [1.807, 2.05) is 0 Å². The van der Waals surface area contributed by atoms with E-state index >= 15 is 0 Å². The molecule has 1 N–H and O–H groups in total. The molecule has 1 aromatic rings. The summed E-state index contributed by atoms with van der Waals surface area (Å²) in [7, 11) is 0. The van der Waals surface area contributed by atoms with E-state index in [1.165, 1.54) is 37.8 Å². The maximum absolute atomic E-state index is 5.75. The Kier molecular flexibility index (Phi) is 4.94. The number of nitrogens with one attached hydrogen (secondary N) is 1. The first-order valence-electron chi connectivity index (χ1n) is 8.42. The first-order chi connectivity index (χ1) is 10.3. The minimum absolute atomic E-state index is 0.121. The lowest BCUT2D eigenvalue weighted by Gasteiger charge is -2.46. The molecule has 3 nitrogen and oxygen atoms in total. The second kappa shape index (κ2) is 6.91. The van der Waals surface area contributed by atoms with Crippen LogP contribution in [0.5, 0.6) is 0 Å². The Labute approximate surface area is 128 Å². The Bertz CT molecular complexity index is 430. The van der Waals surface area contributed by atoms with Crippen molar-refractivity contribution in [2.45, 2.75) is 44.2 Å². The van der Waals surface area contributed by atoms with Crippen LogP contribution >= 0.6 is 0 Å². The molecule has 2 atom stereocenters. The standard InChI is InChI=1S/C18H28N2O/c1-18(16-7-3-2-4-8-16)15-19-11-13-20(18)12-5-9-17-10-6-14-21-17/h2-4,7-8,17,19H,5-6,9-15H2,1H3. The first-order valence-corrected chi connectivity index (χ1v) is 8.42. The van der Waals surface area contributed by atoms with Crippen molar-refractivity contribution >= 4 is 0 Å². The highest BCUT2D eigenvalue weighted by atomic mass is 16.5. The lowest BCUT2D eigenvalue weighted by Crippen LogP contribution is -2.57. The van der Waals surface area contributed by atoms with Gasteiger partial charge in [-0.2, -0.15) is 0 Å². The van der Waals surface area contributed by atoms with Crippen molar-refractivity contribution in [1.82, 2.24) is 10.2 Å². The lowest BCUT2D eigenvalue weighted by atomic mass is 9.88. The van der Waals surface area contributed by atoms with Crippen LogP contribution in [0.4, 0.5) is 0 Å². The molecule has 0 radical (unpaired) electrons. The zero-order chi connectivity index (χ0) is 14.5. The van der Waals surface area contributed by atoms with Crippen LogP contribution in [0.1, 0.15) is 38.2 Å². The average Bonchev–Trinajstić information content (AvgIpc) is 3.03. The summed E-state index contributed by atoms with van der Waals surface area (Å²) in [5.74, 6) is 0. The van der Waals surface area contributed by atoms with E-state index < -0.39 is 0 Å². The quantitative estimate of drug-likeness (QED) is 0.901. The Morgan fingerprint density at radius 2 is 2.19 bits per heavy atom. The second-order valence-electron chi connectivity index (χ2n) is 6.58. The fourth-order valence-electron chi connectivity index (χ4n) is 3.73. The summed E-state index contributed by atoms with van der Waals surface area (Å²) in [6.07, 6.45) is 5.50. The van der Waals surface area contributed by atoms with Crippen molar-refractivity contribution in [3.63, 3.8) is 0 Å². The second-order valence-corrected chi connectivity index (χ2v) is 6.58. The monoisotopic (exact) mass is 288 g/mol. The summed E-state index contributed by atoms with van der Waals surface area (Å²) in [6, 6.07) is 10.9. The minimum atomic E-state index is 0.121. The normalized spacial score (nSPS) is 30.6. The van der Waals surface area contributed by atoms with Gasteiger partial charge in [0.2, 0.25) is 0 Å². The number of benzene rings is 1. The molecule has 116 valence electrons. The van der Waals surface area contributed by atoms with Gasteiger partial charge in [-0.3, -0.25) is 4.90 Å². The highest BCUT2D eigenvalue weighted by molar-refractivity contribution is 5.25. The molecule has 2 fully saturated rings. The molecule has 3 rings (SSSR count). The molecule has 0 amide bonds. The average molecular weight is 288 g/mol. The largest absolute Gasteiger partial charge is 0.378 e. The third-order valence-corrected chi connectivity index (χ3v) is 5.10. The van der Waals surface area contributed by atoms with Gasteiger partial charge in [-0.05, 0) is 44.7 Å². The highest BCUT2D eigenvalue weighted by Crippen LogP contribution is 2.30. The number of ether oxygens (including phenoxy) is 1. The number of hydrogen-bond donors (Lipinski definition) is 1. The fraction of sp³-hybridized carbons (Fsp3) is 0.667. The molecular weight excluding hydrogens is 260 g/mol. The van der Waals surface area contributed by atoms with Crippen LogP contribution < -0.4 is 5.32 Å². The molecule has 1 aromatic carbocycles. The van der Waals surface area contributed by atoms with Crippen molar-refractivity contribution in [3.8, 4) is 0 Å². The van der Waals surface area contributed by atoms with E-state index in [4.69, 9.17) is 4.74 Å². The topological polar surface area (TPSA) is 24.5 Å². The maximum Gasteiger partial charge on any atom is 0.0576 e. The van der Waals surface area contributed by atoms with Crippen molar-refractivity contribution in [2.75, 3.05) is 32.8 Å². The van der Waals surface area contributed by atoms with Gasteiger partial charge in [-0.15, -0.1) is 0 Å². The van der Waals surface area contributed by atoms with Crippen LogP contribution in [0.25, 0.3) is 0 Å². The van der Waals surface area contributed by atoms with E-state index in [-0.39, 0.29) is 5.54 Å². The van der Waals surface area contributed by atoms with Gasteiger partial charge in [0.1, 0.15) is 0 Å². The smallest absolute Gasteiger partial charge is 0.0576 e. The maximum atomic E-state index is 5.75. The van der Waals surface area contributed by atoms with Crippen molar-refractivity contribution < 1.29 is 4.74 Å². The van der Waals surface area contributed by atoms with Gasteiger partial charge in [0.05, 0.1) is 11.6 Å². The minimum Gasteiger partial charge on any atom is -0.378 e. The summed E-state index contributed by atoms with van der Waals surface area (Å²) in [5.41, 5.74) is 1.55. The van der Waals surface area contributed by atoms with Crippen molar-refractivity contribution in [2.24, 2.45) is 0 Å². The summed E-state index contributed by atoms with van der Waals surface area (Å²) in [4.78, 5) is 2.66. The van der Waals surface area contributed by atoms with E-state index in [2.05, 4.69) is 47.5 Å². The molecule has 0 spiro atoms. The third-order valence-electron chi connectivity index (χ3n) is 5.10. The number of piperazine rings is 1. The van der Waals surface area contributed by atoms with E-state index in [9.17, 15) is 0 Å². The van der Waals surface area contributed by atoms with Crippen LogP contribution in [0, 0.1) is 0 Å². The number of hydrogen-bond acceptors (Lipinski definition) is 3. The zero-order valence-electron chi connectivity index (χ0n) is 13.2. The predicted molar refractivity (Wildman–Crippen MR) is 86.4 cm³/mol. The van der Waals surface area contributed by atoms with Gasteiger partial charge in [0.15, 0.2) is 0 Å². The van der Waals surface area contributed by atoms with Crippen LogP contribution in [-0.4, -0.2) is 43.8 Å². The summed E-state index contributed by atoms with van der Waals surface area (Å²) < 4.78 is 5.75. The summed E-state index contributed by atoms with van der Waals surface area (Å²) in [5, 5.41) is 3.57. The van der Waals surface area contributed by atoms with Crippen LogP contribution in [-0.2, 0) is 10.3 Å². The first kappa shape index (κ1) is 15.0. The van der Waals surface area contributed by atoms with E-state index in [0.29, 0.717) is 6.10 Å². The highest BCUT2D eigenvalue weighted by Gasteiger charge is 2.35. The lowest BCUT2D eigenvalue weighted by molar-refractivity contribution is 0.0590. The molecule has 0 aromatic heterocycles. The molecule has 0 bridgehead atoms. The summed E-state index contributed by atoms with van der Waals surface area (Å²) in [6.45, 7) is 7.80. The van der Waals surface area contributed by atoms with Crippen LogP contribution in [0.15, 0.2) is 30.3 Å².